The predicted molar refractivity (Wildman–Crippen MR) is 79.7 cm³/mol. The number of rotatable bonds is 4. The maximum atomic E-state index is 11.9. The van der Waals surface area contributed by atoms with Crippen molar-refractivity contribution in [2.75, 3.05) is 5.32 Å². The van der Waals surface area contributed by atoms with E-state index in [0.717, 1.165) is 0 Å². The lowest BCUT2D eigenvalue weighted by Crippen LogP contribution is -2.23. The molecule has 0 aliphatic rings. The van der Waals surface area contributed by atoms with Crippen LogP contribution in [-0.4, -0.2) is 14.3 Å². The lowest BCUT2D eigenvalue weighted by atomic mass is 9.80. The molecular formula is C14H22N2O3S. The van der Waals surface area contributed by atoms with Crippen LogP contribution in [0.1, 0.15) is 34.1 Å². The van der Waals surface area contributed by atoms with Crippen LogP contribution in [0.5, 0.6) is 0 Å². The summed E-state index contributed by atoms with van der Waals surface area (Å²) in [6.07, 6.45) is 0.417. The molecule has 1 unspecified atom stereocenters. The molecule has 0 heterocycles. The SMILES string of the molecule is CC(CC(=O)Nc1ccc(S(N)(=O)=O)cc1)C(C)(C)C. The molecule has 0 fully saturated rings. The number of nitrogens with two attached hydrogens (primary N) is 1. The fourth-order valence-electron chi connectivity index (χ4n) is 1.52. The number of carbonyl (C=O) groups is 1. The minimum atomic E-state index is -3.70. The van der Waals surface area contributed by atoms with E-state index in [-0.39, 0.29) is 22.1 Å². The number of nitrogens with one attached hydrogen (secondary N) is 1. The zero-order valence-electron chi connectivity index (χ0n) is 12.3. The van der Waals surface area contributed by atoms with Crippen molar-refractivity contribution in [1.82, 2.24) is 0 Å². The van der Waals surface area contributed by atoms with Crippen molar-refractivity contribution in [2.24, 2.45) is 16.5 Å². The van der Waals surface area contributed by atoms with Gasteiger partial charge in [0.05, 0.1) is 4.90 Å². The molecule has 112 valence electrons. The van der Waals surface area contributed by atoms with E-state index in [1.807, 2.05) is 6.92 Å². The second-order valence-corrected chi connectivity index (χ2v) is 7.65. The zero-order valence-corrected chi connectivity index (χ0v) is 13.1. The summed E-state index contributed by atoms with van der Waals surface area (Å²) >= 11 is 0. The maximum Gasteiger partial charge on any atom is 0.238 e. The molecular weight excluding hydrogens is 276 g/mol. The number of amides is 1. The molecule has 1 aromatic carbocycles. The van der Waals surface area contributed by atoms with Gasteiger partial charge in [0.25, 0.3) is 0 Å². The van der Waals surface area contributed by atoms with Crippen molar-refractivity contribution in [3.05, 3.63) is 24.3 Å². The first kappa shape index (κ1) is 16.7. The van der Waals surface area contributed by atoms with Crippen LogP contribution in [0.3, 0.4) is 0 Å². The summed E-state index contributed by atoms with van der Waals surface area (Å²) in [6, 6.07) is 5.80. The lowest BCUT2D eigenvalue weighted by Gasteiger charge is -2.26. The number of benzene rings is 1. The van der Waals surface area contributed by atoms with Gasteiger partial charge >= 0.3 is 0 Å². The van der Waals surface area contributed by atoms with Gasteiger partial charge in [-0.2, -0.15) is 0 Å². The van der Waals surface area contributed by atoms with Crippen LogP contribution in [0.4, 0.5) is 5.69 Å². The lowest BCUT2D eigenvalue weighted by molar-refractivity contribution is -0.117. The van der Waals surface area contributed by atoms with E-state index in [1.54, 1.807) is 0 Å². The molecule has 0 spiro atoms. The van der Waals surface area contributed by atoms with Crippen molar-refractivity contribution >= 4 is 21.6 Å². The molecule has 1 amide bonds. The molecule has 3 N–H and O–H groups in total. The van der Waals surface area contributed by atoms with Crippen molar-refractivity contribution in [3.8, 4) is 0 Å². The summed E-state index contributed by atoms with van der Waals surface area (Å²) in [5.41, 5.74) is 0.623. The minimum absolute atomic E-state index is 0.0264. The second kappa shape index (κ2) is 5.93. The van der Waals surface area contributed by atoms with E-state index >= 15 is 0 Å². The second-order valence-electron chi connectivity index (χ2n) is 6.09. The smallest absolute Gasteiger partial charge is 0.238 e. The molecule has 6 heteroatoms. The molecule has 0 aromatic heterocycles. The molecule has 0 saturated heterocycles. The number of hydrogen-bond donors (Lipinski definition) is 2. The first-order valence-electron chi connectivity index (χ1n) is 6.43. The number of carbonyl (C=O) groups excluding carboxylic acids is 1. The van der Waals surface area contributed by atoms with Crippen molar-refractivity contribution in [3.63, 3.8) is 0 Å². The molecule has 20 heavy (non-hydrogen) atoms. The quantitative estimate of drug-likeness (QED) is 0.894. The van der Waals surface area contributed by atoms with Gasteiger partial charge in [0.1, 0.15) is 0 Å². The maximum absolute atomic E-state index is 11.9. The number of anilines is 1. The molecule has 5 nitrogen and oxygen atoms in total. The van der Waals surface area contributed by atoms with Gasteiger partial charge in [-0.3, -0.25) is 4.79 Å². The highest BCUT2D eigenvalue weighted by atomic mass is 32.2. The first-order chi connectivity index (χ1) is 9.00. The molecule has 0 bridgehead atoms. The van der Waals surface area contributed by atoms with E-state index in [0.29, 0.717) is 12.1 Å². The van der Waals surface area contributed by atoms with Crippen LogP contribution >= 0.6 is 0 Å². The standard InChI is InChI=1S/C14H22N2O3S/c1-10(14(2,3)4)9-13(17)16-11-5-7-12(8-6-11)20(15,18)19/h5-8,10H,9H2,1-4H3,(H,16,17)(H2,15,18,19). The Hall–Kier alpha value is -1.40. The highest BCUT2D eigenvalue weighted by Crippen LogP contribution is 2.28. The summed E-state index contributed by atoms with van der Waals surface area (Å²) in [6.45, 7) is 8.30. The van der Waals surface area contributed by atoms with Gasteiger partial charge < -0.3 is 5.32 Å². The fourth-order valence-corrected chi connectivity index (χ4v) is 2.04. The summed E-state index contributed by atoms with van der Waals surface area (Å²) in [4.78, 5) is 11.9. The largest absolute Gasteiger partial charge is 0.326 e. The number of sulfonamides is 1. The third-order valence-corrected chi connectivity index (χ3v) is 4.37. The third kappa shape index (κ3) is 4.94. The molecule has 0 radical (unpaired) electrons. The van der Waals surface area contributed by atoms with E-state index in [9.17, 15) is 13.2 Å². The average molecular weight is 298 g/mol. The fraction of sp³-hybridized carbons (Fsp3) is 0.500. The van der Waals surface area contributed by atoms with Gasteiger partial charge in [0, 0.05) is 12.1 Å². The number of hydrogen-bond acceptors (Lipinski definition) is 3. The molecule has 0 aliphatic heterocycles. The normalized spacial score (nSPS) is 13.8. The highest BCUT2D eigenvalue weighted by molar-refractivity contribution is 7.89. The summed E-state index contributed by atoms with van der Waals surface area (Å²) in [5.74, 6) is 0.155. The molecule has 1 aromatic rings. The van der Waals surface area contributed by atoms with E-state index < -0.39 is 10.0 Å². The zero-order chi connectivity index (χ0) is 15.6. The summed E-state index contributed by atoms with van der Waals surface area (Å²) in [7, 11) is -3.70. The summed E-state index contributed by atoms with van der Waals surface area (Å²) < 4.78 is 22.2. The van der Waals surface area contributed by atoms with Crippen molar-refractivity contribution < 1.29 is 13.2 Å². The van der Waals surface area contributed by atoms with Crippen LogP contribution in [0.25, 0.3) is 0 Å². The van der Waals surface area contributed by atoms with Crippen LogP contribution in [0.15, 0.2) is 29.2 Å². The first-order valence-corrected chi connectivity index (χ1v) is 7.97. The Labute approximate surface area is 120 Å². The predicted octanol–water partition coefficient (Wildman–Crippen LogP) is 2.34. The molecule has 0 aliphatic carbocycles. The molecule has 1 atom stereocenters. The Balaban J connectivity index is 2.68. The van der Waals surface area contributed by atoms with Crippen LogP contribution < -0.4 is 10.5 Å². The summed E-state index contributed by atoms with van der Waals surface area (Å²) in [5, 5.41) is 7.76. The van der Waals surface area contributed by atoms with Crippen LogP contribution in [-0.2, 0) is 14.8 Å². The van der Waals surface area contributed by atoms with Crippen LogP contribution in [0, 0.1) is 11.3 Å². The van der Waals surface area contributed by atoms with Gasteiger partial charge in [0.2, 0.25) is 15.9 Å². The highest BCUT2D eigenvalue weighted by Gasteiger charge is 2.22. The van der Waals surface area contributed by atoms with Gasteiger partial charge in [0.15, 0.2) is 0 Å². The Morgan fingerprint density at radius 1 is 1.25 bits per heavy atom. The van der Waals surface area contributed by atoms with Crippen molar-refractivity contribution in [1.29, 1.82) is 0 Å². The Kier molecular flexibility index (Phi) is 4.94. The van der Waals surface area contributed by atoms with E-state index in [1.165, 1.54) is 24.3 Å². The third-order valence-electron chi connectivity index (χ3n) is 3.44. The van der Waals surface area contributed by atoms with Crippen molar-refractivity contribution in [2.45, 2.75) is 39.0 Å². The van der Waals surface area contributed by atoms with Gasteiger partial charge in [-0.25, -0.2) is 13.6 Å². The Morgan fingerprint density at radius 3 is 2.15 bits per heavy atom. The topological polar surface area (TPSA) is 89.3 Å². The number of primary sulfonamides is 1. The van der Waals surface area contributed by atoms with Crippen LogP contribution in [0.2, 0.25) is 0 Å². The molecule has 1 rings (SSSR count). The molecule has 0 saturated carbocycles. The van der Waals surface area contributed by atoms with Gasteiger partial charge in [-0.15, -0.1) is 0 Å². The minimum Gasteiger partial charge on any atom is -0.326 e. The monoisotopic (exact) mass is 298 g/mol. The van der Waals surface area contributed by atoms with Gasteiger partial charge in [-0.05, 0) is 35.6 Å². The average Bonchev–Trinajstić information content (AvgIpc) is 2.26. The van der Waals surface area contributed by atoms with Gasteiger partial charge in [-0.1, -0.05) is 27.7 Å². The Bertz CT molecular complexity index is 571. The van der Waals surface area contributed by atoms with E-state index in [4.69, 9.17) is 5.14 Å². The Morgan fingerprint density at radius 2 is 1.75 bits per heavy atom. The van der Waals surface area contributed by atoms with E-state index in [2.05, 4.69) is 26.1 Å².